The van der Waals surface area contributed by atoms with Gasteiger partial charge in [0.1, 0.15) is 0 Å². The molecular weight excluding hydrogens is 378 g/mol. The highest BCUT2D eigenvalue weighted by atomic mass is 31.2. The van der Waals surface area contributed by atoms with Crippen LogP contribution in [0.3, 0.4) is 0 Å². The van der Waals surface area contributed by atoms with Crippen molar-refractivity contribution in [1.82, 2.24) is 0 Å². The van der Waals surface area contributed by atoms with E-state index in [2.05, 4.69) is 4.52 Å². The third kappa shape index (κ3) is 6.70. The van der Waals surface area contributed by atoms with E-state index in [1.54, 1.807) is 19.9 Å². The SMILES string of the molecule is COc1c(OP(=O)(O)O)cc(CC=C(C)C)c(OP(=O)(O)O)c1OC. The van der Waals surface area contributed by atoms with Gasteiger partial charge in [-0.2, -0.15) is 0 Å². The quantitative estimate of drug-likeness (QED) is 0.378. The molecule has 1 aromatic carbocycles. The maximum atomic E-state index is 11.3. The van der Waals surface area contributed by atoms with Crippen molar-refractivity contribution in [3.63, 3.8) is 0 Å². The summed E-state index contributed by atoms with van der Waals surface area (Å²) in [5.41, 5.74) is 1.07. The van der Waals surface area contributed by atoms with Crippen LogP contribution in [0.2, 0.25) is 0 Å². The second kappa shape index (κ2) is 8.23. The monoisotopic (exact) mass is 398 g/mol. The van der Waals surface area contributed by atoms with Crippen molar-refractivity contribution in [2.24, 2.45) is 0 Å². The van der Waals surface area contributed by atoms with Crippen LogP contribution < -0.4 is 18.5 Å². The van der Waals surface area contributed by atoms with Crippen molar-refractivity contribution < 1.29 is 47.2 Å². The molecule has 0 aliphatic rings. The van der Waals surface area contributed by atoms with E-state index >= 15 is 0 Å². The number of rotatable bonds is 8. The molecule has 10 nitrogen and oxygen atoms in total. The Kier molecular flexibility index (Phi) is 7.08. The molecule has 25 heavy (non-hydrogen) atoms. The molecular formula is C13H20O10P2. The molecule has 0 bridgehead atoms. The molecule has 0 spiro atoms. The topological polar surface area (TPSA) is 152 Å². The number of phosphoric acid groups is 2. The zero-order chi connectivity index (χ0) is 19.4. The molecule has 0 aromatic heterocycles. The minimum absolute atomic E-state index is 0.134. The van der Waals surface area contributed by atoms with Crippen molar-refractivity contribution in [3.8, 4) is 23.0 Å². The van der Waals surface area contributed by atoms with E-state index in [1.165, 1.54) is 14.2 Å². The van der Waals surface area contributed by atoms with Crippen molar-refractivity contribution in [1.29, 1.82) is 0 Å². The van der Waals surface area contributed by atoms with Gasteiger partial charge >= 0.3 is 15.6 Å². The van der Waals surface area contributed by atoms with Crippen LogP contribution in [0.15, 0.2) is 17.7 Å². The van der Waals surface area contributed by atoms with Crippen LogP contribution in [0, 0.1) is 0 Å². The van der Waals surface area contributed by atoms with Crippen molar-refractivity contribution in [2.45, 2.75) is 20.3 Å². The Bertz CT molecular complexity index is 742. The van der Waals surface area contributed by atoms with Crippen LogP contribution in [0.5, 0.6) is 23.0 Å². The van der Waals surface area contributed by atoms with E-state index in [0.717, 1.165) is 11.6 Å². The maximum Gasteiger partial charge on any atom is 0.524 e. The Labute approximate surface area is 144 Å². The average molecular weight is 398 g/mol. The highest BCUT2D eigenvalue weighted by Gasteiger charge is 2.30. The molecule has 142 valence electrons. The first-order valence-corrected chi connectivity index (χ1v) is 9.85. The second-order valence-corrected chi connectivity index (χ2v) is 7.41. The molecule has 0 heterocycles. The van der Waals surface area contributed by atoms with Gasteiger partial charge < -0.3 is 18.5 Å². The first-order chi connectivity index (χ1) is 11.4. The van der Waals surface area contributed by atoms with Crippen LogP contribution >= 0.6 is 15.6 Å². The lowest BCUT2D eigenvalue weighted by molar-refractivity contribution is 0.262. The number of hydrogen-bond acceptors (Lipinski definition) is 6. The van der Waals surface area contributed by atoms with Gasteiger partial charge in [0.2, 0.25) is 11.5 Å². The van der Waals surface area contributed by atoms with E-state index in [-0.39, 0.29) is 35.0 Å². The van der Waals surface area contributed by atoms with Gasteiger partial charge in [-0.15, -0.1) is 0 Å². The molecule has 0 aliphatic heterocycles. The minimum atomic E-state index is -4.94. The Morgan fingerprint density at radius 3 is 1.88 bits per heavy atom. The van der Waals surface area contributed by atoms with Gasteiger partial charge in [-0.3, -0.25) is 19.6 Å². The lowest BCUT2D eigenvalue weighted by Gasteiger charge is -2.20. The van der Waals surface area contributed by atoms with Gasteiger partial charge in [-0.05, 0) is 26.3 Å². The van der Waals surface area contributed by atoms with E-state index < -0.39 is 15.6 Å². The molecule has 0 radical (unpaired) electrons. The average Bonchev–Trinajstić information content (AvgIpc) is 2.43. The molecule has 4 N–H and O–H groups in total. The summed E-state index contributed by atoms with van der Waals surface area (Å²) in [7, 11) is -7.51. The lowest BCUT2D eigenvalue weighted by atomic mass is 10.1. The van der Waals surface area contributed by atoms with Crippen LogP contribution in [0.4, 0.5) is 0 Å². The maximum absolute atomic E-state index is 11.3. The highest BCUT2D eigenvalue weighted by Crippen LogP contribution is 2.54. The normalized spacial score (nSPS) is 11.7. The van der Waals surface area contributed by atoms with Gasteiger partial charge in [-0.25, -0.2) is 9.13 Å². The molecule has 0 atom stereocenters. The fourth-order valence-corrected chi connectivity index (χ4v) is 2.74. The molecule has 0 unspecified atom stereocenters. The minimum Gasteiger partial charge on any atom is -0.490 e. The van der Waals surface area contributed by atoms with Crippen LogP contribution in [-0.2, 0) is 15.6 Å². The Morgan fingerprint density at radius 1 is 0.960 bits per heavy atom. The summed E-state index contributed by atoms with van der Waals surface area (Å²) in [6.07, 6.45) is 1.85. The summed E-state index contributed by atoms with van der Waals surface area (Å²) < 4.78 is 41.8. The summed E-state index contributed by atoms with van der Waals surface area (Å²) >= 11 is 0. The third-order valence-corrected chi connectivity index (χ3v) is 3.65. The lowest BCUT2D eigenvalue weighted by Crippen LogP contribution is -2.03. The van der Waals surface area contributed by atoms with Gasteiger partial charge in [-0.1, -0.05) is 11.6 Å². The zero-order valence-corrected chi connectivity index (χ0v) is 15.8. The van der Waals surface area contributed by atoms with E-state index in [9.17, 15) is 9.13 Å². The number of hydrogen-bond donors (Lipinski definition) is 4. The predicted molar refractivity (Wildman–Crippen MR) is 88.0 cm³/mol. The summed E-state index contributed by atoms with van der Waals surface area (Å²) in [4.78, 5) is 36.4. The van der Waals surface area contributed by atoms with Gasteiger partial charge in [0, 0.05) is 5.56 Å². The fraction of sp³-hybridized carbons (Fsp3) is 0.385. The molecule has 0 saturated heterocycles. The number of methoxy groups -OCH3 is 2. The first kappa shape index (κ1) is 21.5. The van der Waals surface area contributed by atoms with Crippen LogP contribution in [0.1, 0.15) is 19.4 Å². The van der Waals surface area contributed by atoms with Crippen molar-refractivity contribution in [2.75, 3.05) is 14.2 Å². The van der Waals surface area contributed by atoms with E-state index in [4.69, 9.17) is 33.6 Å². The Balaban J connectivity index is 3.68. The highest BCUT2D eigenvalue weighted by molar-refractivity contribution is 7.47. The van der Waals surface area contributed by atoms with Crippen LogP contribution in [0.25, 0.3) is 0 Å². The Hall–Kier alpha value is -1.54. The summed E-state index contributed by atoms with van der Waals surface area (Å²) in [6, 6.07) is 1.16. The third-order valence-electron chi connectivity index (χ3n) is 2.80. The van der Waals surface area contributed by atoms with Crippen molar-refractivity contribution >= 4 is 15.6 Å². The first-order valence-electron chi connectivity index (χ1n) is 6.79. The predicted octanol–water partition coefficient (Wildman–Crippen LogP) is 2.16. The summed E-state index contributed by atoms with van der Waals surface area (Å²) in [5.74, 6) is -1.23. The molecule has 0 amide bonds. The number of ether oxygens (including phenoxy) is 2. The largest absolute Gasteiger partial charge is 0.524 e. The molecule has 1 aromatic rings. The van der Waals surface area contributed by atoms with Gasteiger partial charge in [0.25, 0.3) is 0 Å². The molecule has 12 heteroatoms. The molecule has 0 aliphatic carbocycles. The Morgan fingerprint density at radius 2 is 1.48 bits per heavy atom. The smallest absolute Gasteiger partial charge is 0.490 e. The fourth-order valence-electron chi connectivity index (χ4n) is 1.91. The molecule has 0 fully saturated rings. The zero-order valence-electron chi connectivity index (χ0n) is 14.0. The van der Waals surface area contributed by atoms with Gasteiger partial charge in [0.15, 0.2) is 11.5 Å². The second-order valence-electron chi connectivity index (χ2n) is 5.08. The summed E-state index contributed by atoms with van der Waals surface area (Å²) in [6.45, 7) is 3.61. The van der Waals surface area contributed by atoms with Crippen LogP contribution in [-0.4, -0.2) is 33.8 Å². The number of phosphoric ester groups is 2. The molecule has 0 saturated carbocycles. The summed E-state index contributed by atoms with van der Waals surface area (Å²) in [5, 5.41) is 0. The standard InChI is InChI=1S/C13H20O10P2/c1-8(2)5-6-9-7-10(22-24(14,15)16)12(20-3)13(21-4)11(9)23-25(17,18)19/h5,7H,6H2,1-4H3,(H2,14,15,16)(H2,17,18,19). The number of benzene rings is 1. The molecule has 1 rings (SSSR count). The number of allylic oxidation sites excluding steroid dienone is 2. The van der Waals surface area contributed by atoms with E-state index in [0.29, 0.717) is 0 Å². The van der Waals surface area contributed by atoms with Crippen molar-refractivity contribution in [3.05, 3.63) is 23.3 Å². The van der Waals surface area contributed by atoms with Gasteiger partial charge in [0.05, 0.1) is 14.2 Å². The van der Waals surface area contributed by atoms with E-state index in [1.807, 2.05) is 0 Å².